The maximum Gasteiger partial charge on any atom is 0.279 e. The van der Waals surface area contributed by atoms with Gasteiger partial charge in [-0.05, 0) is 36.4 Å². The van der Waals surface area contributed by atoms with Crippen LogP contribution in [0.25, 0.3) is 0 Å². The van der Waals surface area contributed by atoms with Crippen LogP contribution in [0.3, 0.4) is 0 Å². The summed E-state index contributed by atoms with van der Waals surface area (Å²) in [5.41, 5.74) is 2.13. The van der Waals surface area contributed by atoms with Crippen molar-refractivity contribution in [1.82, 2.24) is 4.41 Å². The van der Waals surface area contributed by atoms with Crippen LogP contribution < -0.4 is 14.2 Å². The molecule has 0 aliphatic carbocycles. The van der Waals surface area contributed by atoms with E-state index in [1.807, 2.05) is 30.3 Å². The third-order valence-electron chi connectivity index (χ3n) is 5.37. The summed E-state index contributed by atoms with van der Waals surface area (Å²) in [6.07, 6.45) is 0.377. The van der Waals surface area contributed by atoms with E-state index in [1.165, 1.54) is 4.41 Å². The fraction of sp³-hybridized carbons (Fsp3) is 0.208. The maximum atomic E-state index is 13.6. The second-order valence-electron chi connectivity index (χ2n) is 7.17. The lowest BCUT2D eigenvalue weighted by Crippen LogP contribution is -2.27. The predicted octanol–water partition coefficient (Wildman–Crippen LogP) is 4.25. The van der Waals surface area contributed by atoms with Gasteiger partial charge in [-0.25, -0.2) is 0 Å². The summed E-state index contributed by atoms with van der Waals surface area (Å²) < 4.78 is 44.5. The summed E-state index contributed by atoms with van der Waals surface area (Å²) in [4.78, 5) is 0.178. The van der Waals surface area contributed by atoms with Crippen molar-refractivity contribution in [3.63, 3.8) is 0 Å². The Morgan fingerprint density at radius 3 is 2.16 bits per heavy atom. The van der Waals surface area contributed by atoms with E-state index in [0.717, 1.165) is 11.1 Å². The van der Waals surface area contributed by atoms with Crippen LogP contribution in [-0.4, -0.2) is 39.9 Å². The van der Waals surface area contributed by atoms with Crippen LogP contribution in [0.1, 0.15) is 23.6 Å². The Labute approximate surface area is 187 Å². The first-order valence-corrected chi connectivity index (χ1v) is 11.5. The molecule has 8 heteroatoms. The van der Waals surface area contributed by atoms with E-state index in [4.69, 9.17) is 14.2 Å². The van der Waals surface area contributed by atoms with Gasteiger partial charge in [-0.15, -0.1) is 0 Å². The molecule has 0 aromatic heterocycles. The van der Waals surface area contributed by atoms with Crippen LogP contribution in [0.4, 0.5) is 0 Å². The van der Waals surface area contributed by atoms with Crippen molar-refractivity contribution in [3.05, 3.63) is 83.9 Å². The number of nitrogens with zero attached hydrogens (tertiary/aromatic N) is 2. The molecule has 0 N–H and O–H groups in total. The molecule has 4 rings (SSSR count). The third-order valence-corrected chi connectivity index (χ3v) is 7.07. The highest BCUT2D eigenvalue weighted by Crippen LogP contribution is 2.41. The van der Waals surface area contributed by atoms with Gasteiger partial charge in [0.1, 0.15) is 5.75 Å². The van der Waals surface area contributed by atoms with Gasteiger partial charge >= 0.3 is 0 Å². The highest BCUT2D eigenvalue weighted by atomic mass is 32.2. The van der Waals surface area contributed by atoms with Crippen molar-refractivity contribution >= 4 is 15.7 Å². The molecular weight excluding hydrogens is 428 g/mol. The number of hydrazone groups is 1. The number of ether oxygens (including phenoxy) is 3. The first-order chi connectivity index (χ1) is 15.5. The van der Waals surface area contributed by atoms with Crippen molar-refractivity contribution < 1.29 is 22.6 Å². The van der Waals surface area contributed by atoms with Crippen LogP contribution in [-0.2, 0) is 10.0 Å². The number of sulfonamides is 1. The highest BCUT2D eigenvalue weighted by molar-refractivity contribution is 7.89. The third kappa shape index (κ3) is 3.89. The lowest BCUT2D eigenvalue weighted by molar-refractivity contribution is 0.350. The van der Waals surface area contributed by atoms with E-state index in [2.05, 4.69) is 5.10 Å². The lowest BCUT2D eigenvalue weighted by atomic mass is 9.98. The Bertz CT molecular complexity index is 1240. The summed E-state index contributed by atoms with van der Waals surface area (Å²) in [5.74, 6) is 1.74. The zero-order valence-electron chi connectivity index (χ0n) is 18.1. The number of hydrogen-bond donors (Lipinski definition) is 0. The molecular formula is C24H24N2O5S. The number of para-hydroxylation sites is 1. The largest absolute Gasteiger partial charge is 0.496 e. The topological polar surface area (TPSA) is 77.4 Å². The molecule has 0 radical (unpaired) electrons. The van der Waals surface area contributed by atoms with Gasteiger partial charge in [-0.2, -0.15) is 17.9 Å². The van der Waals surface area contributed by atoms with Gasteiger partial charge in [0.05, 0.1) is 38.0 Å². The molecule has 0 saturated carbocycles. The molecule has 32 heavy (non-hydrogen) atoms. The van der Waals surface area contributed by atoms with Gasteiger partial charge in [0, 0.05) is 17.5 Å². The Morgan fingerprint density at radius 2 is 1.47 bits per heavy atom. The van der Waals surface area contributed by atoms with Crippen LogP contribution in [0.15, 0.2) is 82.8 Å². The van der Waals surface area contributed by atoms with Crippen LogP contribution >= 0.6 is 0 Å². The molecule has 7 nitrogen and oxygen atoms in total. The second-order valence-corrected chi connectivity index (χ2v) is 8.96. The standard InChI is InChI=1S/C24H24N2O5S/c1-29-22-12-8-7-11-19(22)21-16-20(17-13-14-23(30-2)24(15-17)31-3)25-26(21)32(27,28)18-9-5-4-6-10-18/h4-15,21H,16H2,1-3H3. The average Bonchev–Trinajstić information content (AvgIpc) is 3.30. The Hall–Kier alpha value is -3.52. The molecule has 1 atom stereocenters. The minimum atomic E-state index is -3.90. The first-order valence-electron chi connectivity index (χ1n) is 10.0. The number of rotatable bonds is 7. The number of benzene rings is 3. The SMILES string of the molecule is COc1ccc(C2=NN(S(=O)(=O)c3ccccc3)C(c3ccccc3OC)C2)cc1OC. The van der Waals surface area contributed by atoms with Gasteiger partial charge in [0.25, 0.3) is 10.0 Å². The van der Waals surface area contributed by atoms with E-state index in [1.54, 1.807) is 63.8 Å². The van der Waals surface area contributed by atoms with E-state index in [-0.39, 0.29) is 4.90 Å². The summed E-state index contributed by atoms with van der Waals surface area (Å²) in [6.45, 7) is 0. The van der Waals surface area contributed by atoms with Gasteiger partial charge in [0.15, 0.2) is 11.5 Å². The predicted molar refractivity (Wildman–Crippen MR) is 122 cm³/mol. The molecule has 0 spiro atoms. The van der Waals surface area contributed by atoms with Crippen molar-refractivity contribution in [2.45, 2.75) is 17.4 Å². The summed E-state index contributed by atoms with van der Waals surface area (Å²) in [7, 11) is 0.797. The lowest BCUT2D eigenvalue weighted by Gasteiger charge is -2.24. The van der Waals surface area contributed by atoms with Crippen LogP contribution in [0, 0.1) is 0 Å². The Balaban J connectivity index is 1.83. The first kappa shape index (κ1) is 21.7. The van der Waals surface area contributed by atoms with Crippen molar-refractivity contribution in [2.24, 2.45) is 5.10 Å². The van der Waals surface area contributed by atoms with Gasteiger partial charge in [-0.3, -0.25) is 0 Å². The summed E-state index contributed by atoms with van der Waals surface area (Å²) in [5, 5.41) is 4.58. The van der Waals surface area contributed by atoms with E-state index < -0.39 is 16.1 Å². The molecule has 3 aromatic rings. The molecule has 0 bridgehead atoms. The van der Waals surface area contributed by atoms with E-state index in [0.29, 0.717) is 29.4 Å². The molecule has 1 aliphatic rings. The molecule has 3 aromatic carbocycles. The Morgan fingerprint density at radius 1 is 0.812 bits per heavy atom. The monoisotopic (exact) mass is 452 g/mol. The number of methoxy groups -OCH3 is 3. The van der Waals surface area contributed by atoms with Crippen molar-refractivity contribution in [3.8, 4) is 17.2 Å². The molecule has 1 aliphatic heterocycles. The molecule has 1 unspecified atom stereocenters. The minimum absolute atomic E-state index is 0.178. The molecule has 0 saturated heterocycles. The smallest absolute Gasteiger partial charge is 0.279 e. The fourth-order valence-electron chi connectivity index (χ4n) is 3.77. The summed E-state index contributed by atoms with van der Waals surface area (Å²) >= 11 is 0. The average molecular weight is 453 g/mol. The fourth-order valence-corrected chi connectivity index (χ4v) is 5.22. The normalized spacial score (nSPS) is 15.9. The quantitative estimate of drug-likeness (QED) is 0.536. The zero-order chi connectivity index (χ0) is 22.7. The maximum absolute atomic E-state index is 13.6. The van der Waals surface area contributed by atoms with Gasteiger partial charge in [0.2, 0.25) is 0 Å². The molecule has 0 fully saturated rings. The van der Waals surface area contributed by atoms with E-state index in [9.17, 15) is 8.42 Å². The molecule has 1 heterocycles. The van der Waals surface area contributed by atoms with Crippen LogP contribution in [0.5, 0.6) is 17.2 Å². The van der Waals surface area contributed by atoms with Crippen LogP contribution in [0.2, 0.25) is 0 Å². The Kier molecular flexibility index (Phi) is 6.05. The highest BCUT2D eigenvalue weighted by Gasteiger charge is 2.39. The molecule has 0 amide bonds. The van der Waals surface area contributed by atoms with E-state index >= 15 is 0 Å². The van der Waals surface area contributed by atoms with Crippen molar-refractivity contribution in [1.29, 1.82) is 0 Å². The number of hydrogen-bond acceptors (Lipinski definition) is 6. The summed E-state index contributed by atoms with van der Waals surface area (Å²) in [6, 6.07) is 20.6. The van der Waals surface area contributed by atoms with Gasteiger partial charge in [-0.1, -0.05) is 36.4 Å². The second kappa shape index (κ2) is 8.92. The molecule has 166 valence electrons. The van der Waals surface area contributed by atoms with Gasteiger partial charge < -0.3 is 14.2 Å². The van der Waals surface area contributed by atoms with Crippen molar-refractivity contribution in [2.75, 3.05) is 21.3 Å². The minimum Gasteiger partial charge on any atom is -0.496 e. The zero-order valence-corrected chi connectivity index (χ0v) is 18.9.